The van der Waals surface area contributed by atoms with Gasteiger partial charge >= 0.3 is 5.69 Å². The fourth-order valence-electron chi connectivity index (χ4n) is 4.48. The maximum atomic E-state index is 13.0. The third-order valence-electron chi connectivity index (χ3n) is 6.52. The summed E-state index contributed by atoms with van der Waals surface area (Å²) in [6.45, 7) is 1.41. The van der Waals surface area contributed by atoms with Crippen molar-refractivity contribution in [1.82, 2.24) is 23.1 Å². The van der Waals surface area contributed by atoms with Crippen LogP contribution in [0.3, 0.4) is 0 Å². The lowest BCUT2D eigenvalue weighted by Crippen LogP contribution is -2.55. The Bertz CT molecular complexity index is 1050. The first-order chi connectivity index (χ1) is 15.7. The standard InChI is InChI=1S/C20H34N6O6S/c1-23(15-6-4-3-5-7-15)33(30,31)25-10-8-24(9-11-25)14-16(27)17-18(21)26(12-13-32-2)20(29)22-19(17)28/h15H,3-14,21H2,1-2H3,(H,22,28,29). The predicted octanol–water partition coefficient (Wildman–Crippen LogP) is -0.925. The molecule has 3 N–H and O–H groups in total. The summed E-state index contributed by atoms with van der Waals surface area (Å²) in [6.07, 6.45) is 5.00. The van der Waals surface area contributed by atoms with Crippen molar-refractivity contribution < 1.29 is 17.9 Å². The molecule has 0 aromatic carbocycles. The Morgan fingerprint density at radius 3 is 2.39 bits per heavy atom. The summed E-state index contributed by atoms with van der Waals surface area (Å²) >= 11 is 0. The van der Waals surface area contributed by atoms with Crippen LogP contribution in [0.4, 0.5) is 5.82 Å². The van der Waals surface area contributed by atoms with Gasteiger partial charge in [0.05, 0.1) is 19.7 Å². The first-order valence-corrected chi connectivity index (χ1v) is 12.7. The van der Waals surface area contributed by atoms with Gasteiger partial charge in [-0.1, -0.05) is 19.3 Å². The number of nitrogen functional groups attached to an aromatic ring is 1. The Balaban J connectivity index is 1.64. The number of piperazine rings is 1. The SMILES string of the molecule is COCCn1c(N)c(C(=O)CN2CCN(S(=O)(=O)N(C)C3CCCCC3)CC2)c(=O)[nH]c1=O. The molecule has 0 atom stereocenters. The number of methoxy groups -OCH3 is 1. The number of aromatic amines is 1. The number of rotatable bonds is 9. The Labute approximate surface area is 193 Å². The lowest BCUT2D eigenvalue weighted by atomic mass is 9.96. The van der Waals surface area contributed by atoms with E-state index < -0.39 is 27.2 Å². The van der Waals surface area contributed by atoms with Crippen molar-refractivity contribution in [2.75, 3.05) is 59.2 Å². The number of nitrogens with two attached hydrogens (primary N) is 1. The van der Waals surface area contributed by atoms with Crippen molar-refractivity contribution >= 4 is 21.8 Å². The molecule has 1 aromatic rings. The molecular formula is C20H34N6O6S. The quantitative estimate of drug-likeness (QED) is 0.425. The minimum Gasteiger partial charge on any atom is -0.384 e. The molecular weight excluding hydrogens is 452 g/mol. The van der Waals surface area contributed by atoms with E-state index in [0.29, 0.717) is 13.1 Å². The van der Waals surface area contributed by atoms with Gasteiger partial charge in [-0.05, 0) is 12.8 Å². The van der Waals surface area contributed by atoms with E-state index in [4.69, 9.17) is 10.5 Å². The van der Waals surface area contributed by atoms with E-state index in [2.05, 4.69) is 4.98 Å². The summed E-state index contributed by atoms with van der Waals surface area (Å²) in [4.78, 5) is 41.1. The van der Waals surface area contributed by atoms with Gasteiger partial charge in [0, 0.05) is 46.4 Å². The van der Waals surface area contributed by atoms with Gasteiger partial charge in [-0.25, -0.2) is 4.79 Å². The van der Waals surface area contributed by atoms with Gasteiger partial charge in [0.1, 0.15) is 11.4 Å². The molecule has 3 rings (SSSR count). The molecule has 13 heteroatoms. The van der Waals surface area contributed by atoms with Crippen molar-refractivity contribution in [1.29, 1.82) is 0 Å². The molecule has 0 unspecified atom stereocenters. The molecule has 2 aliphatic rings. The Morgan fingerprint density at radius 1 is 1.15 bits per heavy atom. The number of carbonyl (C=O) groups excluding carboxylic acids is 1. The number of Topliss-reactive ketones (excluding diaryl/α,β-unsaturated/α-hetero) is 1. The summed E-state index contributed by atoms with van der Waals surface area (Å²) in [5, 5.41) is 0. The second-order valence-electron chi connectivity index (χ2n) is 8.58. The van der Waals surface area contributed by atoms with Gasteiger partial charge in [0.15, 0.2) is 5.78 Å². The van der Waals surface area contributed by atoms with Crippen LogP contribution in [-0.2, 0) is 21.5 Å². The zero-order chi connectivity index (χ0) is 24.2. The molecule has 186 valence electrons. The van der Waals surface area contributed by atoms with Gasteiger partial charge in [0.2, 0.25) is 0 Å². The number of H-pyrrole nitrogens is 1. The molecule has 0 amide bonds. The van der Waals surface area contributed by atoms with Crippen LogP contribution in [0, 0.1) is 0 Å². The zero-order valence-corrected chi connectivity index (χ0v) is 20.1. The van der Waals surface area contributed by atoms with E-state index in [9.17, 15) is 22.8 Å². The van der Waals surface area contributed by atoms with Crippen LogP contribution < -0.4 is 17.0 Å². The van der Waals surface area contributed by atoms with Crippen LogP contribution in [-0.4, -0.2) is 96.8 Å². The lowest BCUT2D eigenvalue weighted by Gasteiger charge is -2.38. The average Bonchev–Trinajstić information content (AvgIpc) is 2.79. The highest BCUT2D eigenvalue weighted by molar-refractivity contribution is 7.86. The van der Waals surface area contributed by atoms with Crippen LogP contribution in [0.15, 0.2) is 9.59 Å². The molecule has 1 aliphatic heterocycles. The molecule has 33 heavy (non-hydrogen) atoms. The highest BCUT2D eigenvalue weighted by Crippen LogP contribution is 2.25. The third-order valence-corrected chi connectivity index (χ3v) is 8.56. The first-order valence-electron chi connectivity index (χ1n) is 11.3. The highest BCUT2D eigenvalue weighted by Gasteiger charge is 2.35. The number of carbonyl (C=O) groups is 1. The maximum absolute atomic E-state index is 13.0. The number of nitrogens with one attached hydrogen (secondary N) is 1. The number of ketones is 1. The van der Waals surface area contributed by atoms with Crippen molar-refractivity contribution in [3.8, 4) is 0 Å². The summed E-state index contributed by atoms with van der Waals surface area (Å²) in [5.74, 6) is -0.711. The van der Waals surface area contributed by atoms with E-state index in [1.807, 2.05) is 0 Å². The maximum Gasteiger partial charge on any atom is 0.330 e. The predicted molar refractivity (Wildman–Crippen MR) is 124 cm³/mol. The number of nitrogens with zero attached hydrogens (tertiary/aromatic N) is 4. The van der Waals surface area contributed by atoms with E-state index in [0.717, 1.165) is 36.7 Å². The van der Waals surface area contributed by atoms with Gasteiger partial charge in [-0.15, -0.1) is 0 Å². The lowest BCUT2D eigenvalue weighted by molar-refractivity contribution is 0.0897. The summed E-state index contributed by atoms with van der Waals surface area (Å²) in [6, 6.07) is 0.0341. The summed E-state index contributed by atoms with van der Waals surface area (Å²) < 4.78 is 35.1. The van der Waals surface area contributed by atoms with Crippen molar-refractivity contribution in [3.05, 3.63) is 26.4 Å². The number of ether oxygens (including phenoxy) is 1. The van der Waals surface area contributed by atoms with Gasteiger partial charge in [-0.3, -0.25) is 24.0 Å². The van der Waals surface area contributed by atoms with Crippen molar-refractivity contribution in [2.45, 2.75) is 44.7 Å². The Kier molecular flexibility index (Phi) is 8.45. The number of aromatic nitrogens is 2. The molecule has 0 radical (unpaired) electrons. The normalized spacial score (nSPS) is 19.2. The fraction of sp³-hybridized carbons (Fsp3) is 0.750. The molecule has 0 bridgehead atoms. The Hall–Kier alpha value is -2.06. The average molecular weight is 487 g/mol. The van der Waals surface area contributed by atoms with Gasteiger partial charge in [0.25, 0.3) is 15.8 Å². The summed E-state index contributed by atoms with van der Waals surface area (Å²) in [5.41, 5.74) is 4.17. The number of anilines is 1. The van der Waals surface area contributed by atoms with Crippen LogP contribution in [0.2, 0.25) is 0 Å². The molecule has 1 aliphatic carbocycles. The molecule has 0 spiro atoms. The largest absolute Gasteiger partial charge is 0.384 e. The minimum atomic E-state index is -3.57. The molecule has 2 fully saturated rings. The van der Waals surface area contributed by atoms with Crippen LogP contribution >= 0.6 is 0 Å². The second kappa shape index (κ2) is 10.9. The second-order valence-corrected chi connectivity index (χ2v) is 10.6. The monoisotopic (exact) mass is 486 g/mol. The zero-order valence-electron chi connectivity index (χ0n) is 19.3. The highest BCUT2D eigenvalue weighted by atomic mass is 32.2. The molecule has 12 nitrogen and oxygen atoms in total. The smallest absolute Gasteiger partial charge is 0.330 e. The number of hydrogen-bond donors (Lipinski definition) is 2. The van der Waals surface area contributed by atoms with Crippen LogP contribution in [0.1, 0.15) is 42.5 Å². The van der Waals surface area contributed by atoms with E-state index in [1.165, 1.54) is 15.7 Å². The van der Waals surface area contributed by atoms with Crippen LogP contribution in [0.25, 0.3) is 0 Å². The molecule has 1 saturated carbocycles. The summed E-state index contributed by atoms with van der Waals surface area (Å²) in [7, 11) is -0.457. The van der Waals surface area contributed by atoms with Crippen molar-refractivity contribution in [3.63, 3.8) is 0 Å². The van der Waals surface area contributed by atoms with Crippen LogP contribution in [0.5, 0.6) is 0 Å². The van der Waals surface area contributed by atoms with E-state index >= 15 is 0 Å². The fourth-order valence-corrected chi connectivity index (χ4v) is 6.05. The molecule has 1 aromatic heterocycles. The van der Waals surface area contributed by atoms with Crippen molar-refractivity contribution in [2.24, 2.45) is 0 Å². The van der Waals surface area contributed by atoms with Gasteiger partial charge in [-0.2, -0.15) is 17.0 Å². The topological polar surface area (TPSA) is 151 Å². The first kappa shape index (κ1) is 25.6. The minimum absolute atomic E-state index is 0.0341. The van der Waals surface area contributed by atoms with E-state index in [-0.39, 0.29) is 50.2 Å². The van der Waals surface area contributed by atoms with E-state index in [1.54, 1.807) is 11.9 Å². The molecule has 2 heterocycles. The third kappa shape index (κ3) is 5.72. The number of hydrogen-bond acceptors (Lipinski definition) is 8. The molecule has 1 saturated heterocycles. The Morgan fingerprint density at radius 2 is 1.79 bits per heavy atom. The van der Waals surface area contributed by atoms with Gasteiger partial charge < -0.3 is 10.5 Å².